The third kappa shape index (κ3) is 3.73. The molecule has 2 fully saturated rings. The van der Waals surface area contributed by atoms with Crippen LogP contribution in [0.3, 0.4) is 0 Å². The number of rotatable bonds is 3. The van der Waals surface area contributed by atoms with Crippen LogP contribution in [-0.4, -0.2) is 52.5 Å². The molecule has 1 aromatic carbocycles. The van der Waals surface area contributed by atoms with Crippen LogP contribution in [0.15, 0.2) is 42.6 Å². The summed E-state index contributed by atoms with van der Waals surface area (Å²) in [6.45, 7) is 1.14. The number of aromatic nitrogens is 1. The highest BCUT2D eigenvalue weighted by molar-refractivity contribution is 7.99. The van der Waals surface area contributed by atoms with Crippen molar-refractivity contribution in [2.24, 2.45) is 0 Å². The maximum absolute atomic E-state index is 12.7. The Morgan fingerprint density at radius 3 is 3.00 bits per heavy atom. The molecule has 2 aromatic rings. The lowest BCUT2D eigenvalue weighted by Gasteiger charge is -2.42. The van der Waals surface area contributed by atoms with E-state index in [1.165, 1.54) is 5.06 Å². The Morgan fingerprint density at radius 2 is 2.22 bits per heavy atom. The Kier molecular flexibility index (Phi) is 5.20. The number of urea groups is 1. The van der Waals surface area contributed by atoms with E-state index in [0.29, 0.717) is 35.2 Å². The smallest absolute Gasteiger partial charge is 0.321 e. The first-order valence-corrected chi connectivity index (χ1v) is 10.00. The largest absolute Gasteiger partial charge is 0.349 e. The van der Waals surface area contributed by atoms with Crippen molar-refractivity contribution in [3.63, 3.8) is 0 Å². The monoisotopic (exact) mass is 404 g/mol. The van der Waals surface area contributed by atoms with E-state index in [-0.39, 0.29) is 18.0 Å². The van der Waals surface area contributed by atoms with E-state index < -0.39 is 0 Å². The Labute approximate surface area is 165 Å². The SMILES string of the molecule is O=C(Nc1ccc(N2OCC3CSCCN3C2=O)c(Cl)c1)c1ccccn1. The summed E-state index contributed by atoms with van der Waals surface area (Å²) in [5.41, 5.74) is 1.27. The average Bonchev–Trinajstić information content (AvgIpc) is 2.70. The number of fused-ring (bicyclic) bond motifs is 1. The number of thioether (sulfide) groups is 1. The van der Waals surface area contributed by atoms with E-state index in [2.05, 4.69) is 10.3 Å². The van der Waals surface area contributed by atoms with Gasteiger partial charge in [0.2, 0.25) is 0 Å². The quantitative estimate of drug-likeness (QED) is 0.849. The van der Waals surface area contributed by atoms with Crippen molar-refractivity contribution in [1.82, 2.24) is 9.88 Å². The van der Waals surface area contributed by atoms with Crippen LogP contribution in [-0.2, 0) is 4.84 Å². The fourth-order valence-electron chi connectivity index (χ4n) is 2.99. The number of amides is 3. The molecule has 1 N–H and O–H groups in total. The van der Waals surface area contributed by atoms with Gasteiger partial charge in [0.05, 0.1) is 23.4 Å². The van der Waals surface area contributed by atoms with Crippen molar-refractivity contribution < 1.29 is 14.4 Å². The van der Waals surface area contributed by atoms with Gasteiger partial charge in [-0.15, -0.1) is 0 Å². The summed E-state index contributed by atoms with van der Waals surface area (Å²) in [6.07, 6.45) is 1.55. The van der Waals surface area contributed by atoms with Gasteiger partial charge in [0.1, 0.15) is 5.69 Å². The fraction of sp³-hybridized carbons (Fsp3) is 0.278. The number of nitrogens with zero attached hydrogens (tertiary/aromatic N) is 3. The van der Waals surface area contributed by atoms with E-state index in [1.807, 2.05) is 16.7 Å². The Morgan fingerprint density at radius 1 is 1.33 bits per heavy atom. The van der Waals surface area contributed by atoms with Gasteiger partial charge in [0, 0.05) is 29.9 Å². The number of nitrogens with one attached hydrogen (secondary N) is 1. The number of hydrogen-bond acceptors (Lipinski definition) is 5. The lowest BCUT2D eigenvalue weighted by molar-refractivity contribution is 0.0265. The van der Waals surface area contributed by atoms with Crippen LogP contribution in [0.4, 0.5) is 16.2 Å². The fourth-order valence-corrected chi connectivity index (χ4v) is 4.29. The lowest BCUT2D eigenvalue weighted by atomic mass is 10.2. The summed E-state index contributed by atoms with van der Waals surface area (Å²) in [7, 11) is 0. The zero-order valence-electron chi connectivity index (χ0n) is 14.3. The van der Waals surface area contributed by atoms with Crippen LogP contribution in [0.2, 0.25) is 5.02 Å². The number of carbonyl (C=O) groups is 2. The molecule has 1 aromatic heterocycles. The Bertz CT molecular complexity index is 867. The van der Waals surface area contributed by atoms with Gasteiger partial charge in [0.25, 0.3) is 5.91 Å². The van der Waals surface area contributed by atoms with Gasteiger partial charge < -0.3 is 10.2 Å². The number of benzene rings is 1. The van der Waals surface area contributed by atoms with Crippen molar-refractivity contribution in [3.8, 4) is 0 Å². The summed E-state index contributed by atoms with van der Waals surface area (Å²) in [5.74, 6) is 1.46. The summed E-state index contributed by atoms with van der Waals surface area (Å²) in [5, 5.41) is 4.29. The predicted molar refractivity (Wildman–Crippen MR) is 105 cm³/mol. The van der Waals surface area contributed by atoms with Gasteiger partial charge >= 0.3 is 6.03 Å². The highest BCUT2D eigenvalue weighted by Gasteiger charge is 2.37. The second kappa shape index (κ2) is 7.75. The molecule has 7 nitrogen and oxygen atoms in total. The van der Waals surface area contributed by atoms with Gasteiger partial charge in [-0.1, -0.05) is 17.7 Å². The first-order chi connectivity index (χ1) is 13.1. The van der Waals surface area contributed by atoms with Crippen LogP contribution in [0.5, 0.6) is 0 Å². The molecular weight excluding hydrogens is 388 g/mol. The molecule has 3 amide bonds. The number of pyridine rings is 1. The van der Waals surface area contributed by atoms with Gasteiger partial charge in [-0.3, -0.25) is 14.6 Å². The first kappa shape index (κ1) is 18.1. The minimum absolute atomic E-state index is 0.100. The highest BCUT2D eigenvalue weighted by atomic mass is 35.5. The standard InChI is InChI=1S/C18H17ClN4O3S/c19-14-9-12(21-17(24)15-3-1-2-6-20-15)4-5-16(14)23-18(25)22-7-8-27-11-13(22)10-26-23/h1-6,9,13H,7-8,10-11H2,(H,21,24). The molecule has 4 rings (SSSR count). The summed E-state index contributed by atoms with van der Waals surface area (Å²) in [4.78, 5) is 36.4. The second-order valence-corrected chi connectivity index (χ2v) is 7.69. The number of carbonyl (C=O) groups excluding carboxylic acids is 2. The van der Waals surface area contributed by atoms with E-state index in [1.54, 1.807) is 42.6 Å². The lowest BCUT2D eigenvalue weighted by Crippen LogP contribution is -2.59. The van der Waals surface area contributed by atoms with E-state index >= 15 is 0 Å². The molecule has 0 bridgehead atoms. The topological polar surface area (TPSA) is 74.8 Å². The molecule has 1 atom stereocenters. The molecule has 0 radical (unpaired) electrons. The van der Waals surface area contributed by atoms with E-state index in [0.717, 1.165) is 11.5 Å². The van der Waals surface area contributed by atoms with Crippen LogP contribution >= 0.6 is 23.4 Å². The third-order valence-electron chi connectivity index (χ3n) is 4.36. The Balaban J connectivity index is 1.50. The molecule has 27 heavy (non-hydrogen) atoms. The summed E-state index contributed by atoms with van der Waals surface area (Å²) >= 11 is 8.19. The maximum atomic E-state index is 12.7. The van der Waals surface area contributed by atoms with Crippen molar-refractivity contribution in [2.45, 2.75) is 6.04 Å². The zero-order valence-corrected chi connectivity index (χ0v) is 15.9. The van der Waals surface area contributed by atoms with Crippen LogP contribution in [0, 0.1) is 0 Å². The molecule has 2 aliphatic heterocycles. The van der Waals surface area contributed by atoms with Crippen LogP contribution < -0.4 is 10.4 Å². The van der Waals surface area contributed by atoms with Crippen molar-refractivity contribution >= 4 is 46.7 Å². The van der Waals surface area contributed by atoms with Gasteiger partial charge in [-0.25, -0.2) is 4.79 Å². The molecular formula is C18H17ClN4O3S. The molecule has 140 valence electrons. The van der Waals surface area contributed by atoms with Crippen LogP contribution in [0.1, 0.15) is 10.5 Å². The molecule has 0 spiro atoms. The maximum Gasteiger partial charge on any atom is 0.349 e. The Hall–Kier alpha value is -2.29. The van der Waals surface area contributed by atoms with Crippen molar-refractivity contribution in [2.75, 3.05) is 35.0 Å². The average molecular weight is 405 g/mol. The minimum atomic E-state index is -0.335. The molecule has 0 aliphatic carbocycles. The second-order valence-electron chi connectivity index (χ2n) is 6.13. The molecule has 9 heteroatoms. The molecule has 2 aliphatic rings. The molecule has 2 saturated heterocycles. The number of hydroxylamine groups is 1. The van der Waals surface area contributed by atoms with E-state index in [4.69, 9.17) is 16.4 Å². The third-order valence-corrected chi connectivity index (χ3v) is 5.76. The molecule has 3 heterocycles. The van der Waals surface area contributed by atoms with Crippen molar-refractivity contribution in [1.29, 1.82) is 0 Å². The predicted octanol–water partition coefficient (Wildman–Crippen LogP) is 3.28. The molecule has 0 saturated carbocycles. The van der Waals surface area contributed by atoms with Gasteiger partial charge in [-0.2, -0.15) is 16.8 Å². The van der Waals surface area contributed by atoms with Gasteiger partial charge in [0.15, 0.2) is 0 Å². The van der Waals surface area contributed by atoms with Crippen molar-refractivity contribution in [3.05, 3.63) is 53.3 Å². The van der Waals surface area contributed by atoms with E-state index in [9.17, 15) is 9.59 Å². The zero-order chi connectivity index (χ0) is 18.8. The van der Waals surface area contributed by atoms with Gasteiger partial charge in [-0.05, 0) is 30.3 Å². The summed E-state index contributed by atoms with van der Waals surface area (Å²) in [6, 6.07) is 9.92. The van der Waals surface area contributed by atoms with Crippen LogP contribution in [0.25, 0.3) is 0 Å². The number of anilines is 2. The number of hydrogen-bond donors (Lipinski definition) is 1. The molecule has 1 unspecified atom stereocenters. The summed E-state index contributed by atoms with van der Waals surface area (Å²) < 4.78 is 0. The normalized spacial score (nSPS) is 19.6. The highest BCUT2D eigenvalue weighted by Crippen LogP contribution is 2.33. The number of halogens is 1. The first-order valence-electron chi connectivity index (χ1n) is 8.47. The minimum Gasteiger partial charge on any atom is -0.321 e.